The van der Waals surface area contributed by atoms with Crippen LogP contribution in [0.5, 0.6) is 0 Å². The zero-order valence-corrected chi connectivity index (χ0v) is 8.94. The van der Waals surface area contributed by atoms with E-state index in [4.69, 9.17) is 23.2 Å². The van der Waals surface area contributed by atoms with Gasteiger partial charge in [0.1, 0.15) is 0 Å². The van der Waals surface area contributed by atoms with E-state index in [0.717, 1.165) is 15.7 Å². The van der Waals surface area contributed by atoms with Crippen LogP contribution in [0.4, 0.5) is 5.69 Å². The Morgan fingerprint density at radius 2 is 1.77 bits per heavy atom. The molecule has 0 radical (unpaired) electrons. The van der Waals surface area contributed by atoms with Crippen LogP contribution in [0.1, 0.15) is 12.8 Å². The van der Waals surface area contributed by atoms with Crippen LogP contribution in [0.15, 0.2) is 18.2 Å². The third-order valence-electron chi connectivity index (χ3n) is 2.38. The molecular weight excluding hydrogens is 205 g/mol. The maximum absolute atomic E-state index is 6.07. The molecule has 1 aromatic carbocycles. The highest BCUT2D eigenvalue weighted by molar-refractivity contribution is 6.39. The second-order valence-corrected chi connectivity index (χ2v) is 4.23. The van der Waals surface area contributed by atoms with Crippen molar-refractivity contribution in [3.63, 3.8) is 0 Å². The van der Waals surface area contributed by atoms with Crippen LogP contribution in [-0.4, -0.2) is 13.1 Å². The molecule has 0 aliphatic heterocycles. The Balaban J connectivity index is 2.36. The minimum Gasteiger partial charge on any atom is -0.369 e. The number of benzene rings is 1. The van der Waals surface area contributed by atoms with Crippen molar-refractivity contribution in [1.29, 1.82) is 0 Å². The first kappa shape index (κ1) is 9.17. The Kier molecular flexibility index (Phi) is 2.39. The van der Waals surface area contributed by atoms with Crippen molar-refractivity contribution in [2.24, 2.45) is 0 Å². The van der Waals surface area contributed by atoms with Gasteiger partial charge in [-0.15, -0.1) is 0 Å². The van der Waals surface area contributed by atoms with Gasteiger partial charge in [0.2, 0.25) is 0 Å². The van der Waals surface area contributed by atoms with Gasteiger partial charge in [0.25, 0.3) is 0 Å². The Morgan fingerprint density at radius 1 is 1.23 bits per heavy atom. The molecule has 1 aliphatic rings. The molecule has 0 unspecified atom stereocenters. The monoisotopic (exact) mass is 215 g/mol. The third kappa shape index (κ3) is 1.77. The number of hydrogen-bond acceptors (Lipinski definition) is 1. The van der Waals surface area contributed by atoms with E-state index in [1.54, 1.807) is 0 Å². The van der Waals surface area contributed by atoms with Crippen molar-refractivity contribution >= 4 is 28.9 Å². The van der Waals surface area contributed by atoms with E-state index >= 15 is 0 Å². The highest BCUT2D eigenvalue weighted by Gasteiger charge is 2.28. The highest BCUT2D eigenvalue weighted by Crippen LogP contribution is 2.38. The van der Waals surface area contributed by atoms with Crippen molar-refractivity contribution < 1.29 is 0 Å². The van der Waals surface area contributed by atoms with Gasteiger partial charge in [-0.2, -0.15) is 0 Å². The second kappa shape index (κ2) is 3.39. The number of hydrogen-bond donors (Lipinski definition) is 0. The topological polar surface area (TPSA) is 3.24 Å². The summed E-state index contributed by atoms with van der Waals surface area (Å²) in [6.07, 6.45) is 2.50. The van der Waals surface area contributed by atoms with E-state index in [2.05, 4.69) is 4.90 Å². The van der Waals surface area contributed by atoms with E-state index in [9.17, 15) is 0 Å². The molecule has 0 heterocycles. The molecule has 1 nitrogen and oxygen atoms in total. The van der Waals surface area contributed by atoms with Crippen LogP contribution in [0.25, 0.3) is 0 Å². The summed E-state index contributed by atoms with van der Waals surface area (Å²) in [6.45, 7) is 0. The molecule has 0 aromatic heterocycles. The molecular formula is C10H11Cl2N. The Bertz CT molecular complexity index is 300. The van der Waals surface area contributed by atoms with Crippen molar-refractivity contribution in [1.82, 2.24) is 0 Å². The van der Waals surface area contributed by atoms with Gasteiger partial charge < -0.3 is 4.90 Å². The first-order chi connectivity index (χ1) is 6.20. The molecule has 2 rings (SSSR count). The molecule has 0 spiro atoms. The summed E-state index contributed by atoms with van der Waals surface area (Å²) in [5.74, 6) is 0. The van der Waals surface area contributed by atoms with Crippen LogP contribution < -0.4 is 4.90 Å². The van der Waals surface area contributed by atoms with E-state index in [1.807, 2.05) is 25.2 Å². The minimum absolute atomic E-state index is 0.636. The summed E-state index contributed by atoms with van der Waals surface area (Å²) >= 11 is 12.1. The second-order valence-electron chi connectivity index (χ2n) is 3.41. The lowest BCUT2D eigenvalue weighted by Gasteiger charge is -2.21. The first-order valence-corrected chi connectivity index (χ1v) is 5.12. The maximum Gasteiger partial charge on any atom is 0.0744 e. The van der Waals surface area contributed by atoms with Gasteiger partial charge in [-0.1, -0.05) is 29.3 Å². The van der Waals surface area contributed by atoms with Gasteiger partial charge in [-0.3, -0.25) is 0 Å². The summed E-state index contributed by atoms with van der Waals surface area (Å²) < 4.78 is 0. The predicted molar refractivity (Wildman–Crippen MR) is 57.9 cm³/mol. The molecule has 1 aliphatic carbocycles. The van der Waals surface area contributed by atoms with Gasteiger partial charge >= 0.3 is 0 Å². The number of rotatable bonds is 2. The standard InChI is InChI=1S/C10H11Cl2N/c1-13(7-5-6-7)10-8(11)3-2-4-9(10)12/h2-4,7H,5-6H2,1H3. The number of halogens is 2. The Hall–Kier alpha value is -0.400. The summed E-state index contributed by atoms with van der Waals surface area (Å²) in [5, 5.41) is 1.48. The normalized spacial score (nSPS) is 15.9. The van der Waals surface area contributed by atoms with Gasteiger partial charge in [0, 0.05) is 13.1 Å². The average Bonchev–Trinajstić information content (AvgIpc) is 2.85. The van der Waals surface area contributed by atoms with Crippen molar-refractivity contribution in [2.45, 2.75) is 18.9 Å². The quantitative estimate of drug-likeness (QED) is 0.730. The molecule has 70 valence electrons. The molecule has 0 N–H and O–H groups in total. The number of nitrogens with zero attached hydrogens (tertiary/aromatic N) is 1. The van der Waals surface area contributed by atoms with Crippen molar-refractivity contribution in [3.05, 3.63) is 28.2 Å². The number of para-hydroxylation sites is 1. The molecule has 13 heavy (non-hydrogen) atoms. The fourth-order valence-electron chi connectivity index (χ4n) is 1.47. The highest BCUT2D eigenvalue weighted by atomic mass is 35.5. The zero-order valence-electron chi connectivity index (χ0n) is 7.43. The molecule has 3 heteroatoms. The summed E-state index contributed by atoms with van der Waals surface area (Å²) in [4.78, 5) is 2.17. The minimum atomic E-state index is 0.636. The molecule has 0 amide bonds. The third-order valence-corrected chi connectivity index (χ3v) is 2.99. The van der Waals surface area contributed by atoms with Crippen LogP contribution in [0.2, 0.25) is 10.0 Å². The Labute approximate surface area is 88.3 Å². The molecule has 0 atom stereocenters. The lowest BCUT2D eigenvalue weighted by Crippen LogP contribution is -2.20. The maximum atomic E-state index is 6.07. The molecule has 0 bridgehead atoms. The lowest BCUT2D eigenvalue weighted by molar-refractivity contribution is 0.917. The van der Waals surface area contributed by atoms with Crippen LogP contribution in [0.3, 0.4) is 0 Å². The summed E-state index contributed by atoms with van der Waals surface area (Å²) in [5.41, 5.74) is 0.966. The van der Waals surface area contributed by atoms with Gasteiger partial charge in [0.05, 0.1) is 15.7 Å². The average molecular weight is 216 g/mol. The van der Waals surface area contributed by atoms with Crippen LogP contribution in [-0.2, 0) is 0 Å². The number of anilines is 1. The SMILES string of the molecule is CN(c1c(Cl)cccc1Cl)C1CC1. The van der Waals surface area contributed by atoms with Crippen LogP contribution in [0, 0.1) is 0 Å². The lowest BCUT2D eigenvalue weighted by atomic mass is 10.3. The molecule has 0 saturated heterocycles. The summed E-state index contributed by atoms with van der Waals surface area (Å²) in [7, 11) is 2.05. The molecule has 1 fully saturated rings. The van der Waals surface area contributed by atoms with Gasteiger partial charge in [-0.25, -0.2) is 0 Å². The molecule has 1 saturated carbocycles. The fourth-order valence-corrected chi connectivity index (χ4v) is 2.13. The van der Waals surface area contributed by atoms with E-state index in [-0.39, 0.29) is 0 Å². The van der Waals surface area contributed by atoms with Gasteiger partial charge in [-0.05, 0) is 25.0 Å². The molecule has 1 aromatic rings. The van der Waals surface area contributed by atoms with Crippen molar-refractivity contribution in [2.75, 3.05) is 11.9 Å². The largest absolute Gasteiger partial charge is 0.369 e. The Morgan fingerprint density at radius 3 is 2.23 bits per heavy atom. The van der Waals surface area contributed by atoms with Crippen molar-refractivity contribution in [3.8, 4) is 0 Å². The van der Waals surface area contributed by atoms with E-state index < -0.39 is 0 Å². The van der Waals surface area contributed by atoms with E-state index in [1.165, 1.54) is 12.8 Å². The summed E-state index contributed by atoms with van der Waals surface area (Å²) in [6, 6.07) is 6.26. The van der Waals surface area contributed by atoms with E-state index in [0.29, 0.717) is 6.04 Å². The van der Waals surface area contributed by atoms with Gasteiger partial charge in [0.15, 0.2) is 0 Å². The predicted octanol–water partition coefficient (Wildman–Crippen LogP) is 3.59. The smallest absolute Gasteiger partial charge is 0.0744 e. The van der Waals surface area contributed by atoms with Crippen LogP contribution >= 0.6 is 23.2 Å². The fraction of sp³-hybridized carbons (Fsp3) is 0.400. The zero-order chi connectivity index (χ0) is 9.42. The first-order valence-electron chi connectivity index (χ1n) is 4.37.